The van der Waals surface area contributed by atoms with Crippen LogP contribution in [0.2, 0.25) is 0 Å². The normalized spacial score (nSPS) is 10.7. The third-order valence-electron chi connectivity index (χ3n) is 4.37. The molecule has 27 heavy (non-hydrogen) atoms. The van der Waals surface area contributed by atoms with Gasteiger partial charge in [-0.05, 0) is 55.5 Å². The van der Waals surface area contributed by atoms with Crippen LogP contribution in [0.15, 0.2) is 78.9 Å². The van der Waals surface area contributed by atoms with Crippen molar-refractivity contribution in [2.45, 2.75) is 6.92 Å². The Morgan fingerprint density at radius 3 is 1.78 bits per heavy atom. The molecule has 4 aromatic rings. The Morgan fingerprint density at radius 2 is 1.11 bits per heavy atom. The standard InChI is InChI=1S/C23H18N2O2/c1-15-12-13-23(27)17(14-15)19-8-5-10-21(25-19)20-9-4-7-18(24-20)16-6-2-3-11-22(16)26/h2-14,26-27H,1H3. The van der Waals surface area contributed by atoms with Crippen LogP contribution in [0.5, 0.6) is 11.5 Å². The highest BCUT2D eigenvalue weighted by atomic mass is 16.3. The molecule has 2 aromatic heterocycles. The number of hydrogen-bond acceptors (Lipinski definition) is 4. The van der Waals surface area contributed by atoms with Crippen LogP contribution in [-0.4, -0.2) is 20.2 Å². The van der Waals surface area contributed by atoms with Gasteiger partial charge in [-0.2, -0.15) is 0 Å². The molecule has 0 radical (unpaired) electrons. The van der Waals surface area contributed by atoms with Crippen molar-refractivity contribution in [1.29, 1.82) is 0 Å². The van der Waals surface area contributed by atoms with Crippen LogP contribution in [0.1, 0.15) is 5.56 Å². The van der Waals surface area contributed by atoms with E-state index in [1.54, 1.807) is 18.2 Å². The third-order valence-corrected chi connectivity index (χ3v) is 4.37. The Hall–Kier alpha value is -3.66. The number of hydrogen-bond donors (Lipinski definition) is 2. The van der Waals surface area contributed by atoms with Crippen molar-refractivity contribution in [2.24, 2.45) is 0 Å². The van der Waals surface area contributed by atoms with Crippen LogP contribution >= 0.6 is 0 Å². The van der Waals surface area contributed by atoms with Crippen molar-refractivity contribution in [1.82, 2.24) is 9.97 Å². The summed E-state index contributed by atoms with van der Waals surface area (Å²) in [6.45, 7) is 1.98. The number of benzene rings is 2. The van der Waals surface area contributed by atoms with Crippen LogP contribution < -0.4 is 0 Å². The fraction of sp³-hybridized carbons (Fsp3) is 0.0435. The maximum Gasteiger partial charge on any atom is 0.124 e. The average molecular weight is 354 g/mol. The first-order valence-electron chi connectivity index (χ1n) is 8.65. The number of aromatic hydroxyl groups is 2. The molecule has 0 unspecified atom stereocenters. The minimum absolute atomic E-state index is 0.188. The zero-order chi connectivity index (χ0) is 18.8. The van der Waals surface area contributed by atoms with E-state index in [9.17, 15) is 10.2 Å². The Morgan fingerprint density at radius 1 is 0.556 bits per heavy atom. The molecule has 0 aliphatic carbocycles. The average Bonchev–Trinajstić information content (AvgIpc) is 2.70. The molecule has 4 rings (SSSR count). The fourth-order valence-electron chi connectivity index (χ4n) is 3.00. The number of aromatic nitrogens is 2. The van der Waals surface area contributed by atoms with Gasteiger partial charge in [-0.1, -0.05) is 35.9 Å². The van der Waals surface area contributed by atoms with Crippen LogP contribution in [0.3, 0.4) is 0 Å². The summed E-state index contributed by atoms with van der Waals surface area (Å²) < 4.78 is 0. The Balaban J connectivity index is 1.78. The highest BCUT2D eigenvalue weighted by Gasteiger charge is 2.10. The fourth-order valence-corrected chi connectivity index (χ4v) is 3.00. The summed E-state index contributed by atoms with van der Waals surface area (Å²) in [5.41, 5.74) is 5.17. The quantitative estimate of drug-likeness (QED) is 0.531. The molecule has 0 atom stereocenters. The predicted octanol–water partition coefficient (Wildman–Crippen LogP) is 5.20. The van der Waals surface area contributed by atoms with Crippen molar-refractivity contribution in [3.63, 3.8) is 0 Å². The summed E-state index contributed by atoms with van der Waals surface area (Å²) in [4.78, 5) is 9.35. The lowest BCUT2D eigenvalue weighted by Crippen LogP contribution is -1.93. The number of phenolic OH excluding ortho intramolecular Hbond substituents is 2. The van der Waals surface area contributed by atoms with Crippen LogP contribution in [0, 0.1) is 6.92 Å². The van der Waals surface area contributed by atoms with Crippen molar-refractivity contribution in [3.05, 3.63) is 84.4 Å². The van der Waals surface area contributed by atoms with Crippen LogP contribution in [0.25, 0.3) is 33.9 Å². The molecule has 0 fully saturated rings. The van der Waals surface area contributed by atoms with Crippen molar-refractivity contribution in [3.8, 4) is 45.4 Å². The molecule has 4 heteroatoms. The molecule has 0 bridgehead atoms. The highest BCUT2D eigenvalue weighted by molar-refractivity contribution is 5.72. The maximum atomic E-state index is 10.2. The van der Waals surface area contributed by atoms with Crippen LogP contribution in [-0.2, 0) is 0 Å². The molecular formula is C23H18N2O2. The molecule has 4 nitrogen and oxygen atoms in total. The van der Waals surface area contributed by atoms with E-state index in [-0.39, 0.29) is 11.5 Å². The molecule has 0 amide bonds. The van der Waals surface area contributed by atoms with E-state index in [0.29, 0.717) is 33.9 Å². The first-order valence-corrected chi connectivity index (χ1v) is 8.65. The van der Waals surface area contributed by atoms with Gasteiger partial charge in [-0.15, -0.1) is 0 Å². The van der Waals surface area contributed by atoms with E-state index in [0.717, 1.165) is 5.56 Å². The lowest BCUT2D eigenvalue weighted by Gasteiger charge is -2.09. The zero-order valence-corrected chi connectivity index (χ0v) is 14.8. The second-order valence-corrected chi connectivity index (χ2v) is 6.35. The number of para-hydroxylation sites is 1. The third kappa shape index (κ3) is 3.37. The van der Waals surface area contributed by atoms with E-state index in [1.165, 1.54) is 0 Å². The van der Waals surface area contributed by atoms with E-state index >= 15 is 0 Å². The summed E-state index contributed by atoms with van der Waals surface area (Å²) in [5, 5.41) is 20.3. The van der Waals surface area contributed by atoms with Gasteiger partial charge in [-0.3, -0.25) is 0 Å². The SMILES string of the molecule is Cc1ccc(O)c(-c2cccc(-c3cccc(-c4ccccc4O)n3)n2)c1. The van der Waals surface area contributed by atoms with Crippen molar-refractivity contribution >= 4 is 0 Å². The summed E-state index contributed by atoms with van der Waals surface area (Å²) in [5.74, 6) is 0.384. The number of aryl methyl sites for hydroxylation is 1. The van der Waals surface area contributed by atoms with Gasteiger partial charge in [0.05, 0.1) is 22.8 Å². The van der Waals surface area contributed by atoms with Gasteiger partial charge in [0.1, 0.15) is 11.5 Å². The zero-order valence-electron chi connectivity index (χ0n) is 14.8. The van der Waals surface area contributed by atoms with Crippen LogP contribution in [0.4, 0.5) is 0 Å². The number of nitrogens with zero attached hydrogens (tertiary/aromatic N) is 2. The van der Waals surface area contributed by atoms with E-state index in [4.69, 9.17) is 0 Å². The lowest BCUT2D eigenvalue weighted by molar-refractivity contribution is 0.476. The van der Waals surface area contributed by atoms with E-state index in [2.05, 4.69) is 9.97 Å². The van der Waals surface area contributed by atoms with Gasteiger partial charge in [-0.25, -0.2) is 9.97 Å². The smallest absolute Gasteiger partial charge is 0.124 e. The number of rotatable bonds is 3. The molecule has 2 aromatic carbocycles. The molecule has 0 aliphatic heterocycles. The van der Waals surface area contributed by atoms with Gasteiger partial charge in [0.25, 0.3) is 0 Å². The largest absolute Gasteiger partial charge is 0.507 e. The predicted molar refractivity (Wildman–Crippen MR) is 106 cm³/mol. The summed E-state index contributed by atoms with van der Waals surface area (Å²) in [6, 6.07) is 23.8. The Bertz CT molecular complexity index is 1120. The van der Waals surface area contributed by atoms with E-state index in [1.807, 2.05) is 67.6 Å². The minimum atomic E-state index is 0.188. The van der Waals surface area contributed by atoms with Crippen molar-refractivity contribution < 1.29 is 10.2 Å². The molecule has 2 heterocycles. The topological polar surface area (TPSA) is 66.2 Å². The van der Waals surface area contributed by atoms with Gasteiger partial charge >= 0.3 is 0 Å². The minimum Gasteiger partial charge on any atom is -0.507 e. The number of phenols is 2. The van der Waals surface area contributed by atoms with Crippen molar-refractivity contribution in [2.75, 3.05) is 0 Å². The Kier molecular flexibility index (Phi) is 4.30. The first-order chi connectivity index (χ1) is 13.1. The van der Waals surface area contributed by atoms with Gasteiger partial charge in [0.2, 0.25) is 0 Å². The maximum absolute atomic E-state index is 10.2. The molecular weight excluding hydrogens is 336 g/mol. The second kappa shape index (κ2) is 6.92. The lowest BCUT2D eigenvalue weighted by atomic mass is 10.1. The second-order valence-electron chi connectivity index (χ2n) is 6.35. The molecule has 132 valence electrons. The van der Waals surface area contributed by atoms with Gasteiger partial charge < -0.3 is 10.2 Å². The highest BCUT2D eigenvalue weighted by Crippen LogP contribution is 2.31. The molecule has 0 spiro atoms. The Labute approximate surface area is 157 Å². The molecule has 0 saturated heterocycles. The first kappa shape index (κ1) is 16.8. The molecule has 2 N–H and O–H groups in total. The summed E-state index contributed by atoms with van der Waals surface area (Å²) >= 11 is 0. The molecule has 0 aliphatic rings. The van der Waals surface area contributed by atoms with Gasteiger partial charge in [0, 0.05) is 11.1 Å². The molecule has 0 saturated carbocycles. The van der Waals surface area contributed by atoms with Gasteiger partial charge in [0.15, 0.2) is 0 Å². The van der Waals surface area contributed by atoms with E-state index < -0.39 is 0 Å². The number of pyridine rings is 2. The summed E-state index contributed by atoms with van der Waals surface area (Å²) in [6.07, 6.45) is 0. The monoisotopic (exact) mass is 354 g/mol. The summed E-state index contributed by atoms with van der Waals surface area (Å²) in [7, 11) is 0.